The highest BCUT2D eigenvalue weighted by Gasteiger charge is 2.46. The van der Waals surface area contributed by atoms with Crippen molar-refractivity contribution in [3.05, 3.63) is 42.0 Å². The van der Waals surface area contributed by atoms with E-state index in [1.807, 2.05) is 24.3 Å². The van der Waals surface area contributed by atoms with Crippen molar-refractivity contribution < 1.29 is 24.2 Å². The zero-order chi connectivity index (χ0) is 30.8. The minimum absolute atomic E-state index is 0.00578. The van der Waals surface area contributed by atoms with E-state index in [9.17, 15) is 19.5 Å². The van der Waals surface area contributed by atoms with E-state index in [1.54, 1.807) is 32.4 Å². The predicted molar refractivity (Wildman–Crippen MR) is 159 cm³/mol. The summed E-state index contributed by atoms with van der Waals surface area (Å²) in [5.41, 5.74) is 0.622. The third-order valence-electron chi connectivity index (χ3n) is 7.89. The molecule has 1 saturated carbocycles. The van der Waals surface area contributed by atoms with E-state index in [-0.39, 0.29) is 30.3 Å². The number of anilines is 1. The summed E-state index contributed by atoms with van der Waals surface area (Å²) in [5.74, 6) is -0.583. The molecular formula is C31H46N6O5. The zero-order valence-electron chi connectivity index (χ0n) is 26.0. The fourth-order valence-corrected chi connectivity index (χ4v) is 5.67. The monoisotopic (exact) mass is 582 g/mol. The van der Waals surface area contributed by atoms with Crippen molar-refractivity contribution in [1.82, 2.24) is 25.0 Å². The van der Waals surface area contributed by atoms with E-state index in [1.165, 1.54) is 16.1 Å². The van der Waals surface area contributed by atoms with Crippen LogP contribution in [-0.4, -0.2) is 73.0 Å². The Labute approximate surface area is 248 Å². The second-order valence-electron chi connectivity index (χ2n) is 13.6. The molecule has 1 unspecified atom stereocenters. The zero-order valence-corrected chi connectivity index (χ0v) is 26.0. The Balaban J connectivity index is 1.80. The van der Waals surface area contributed by atoms with Crippen LogP contribution >= 0.6 is 0 Å². The Bertz CT molecular complexity index is 1260. The van der Waals surface area contributed by atoms with Gasteiger partial charge in [-0.25, -0.2) is 4.79 Å². The van der Waals surface area contributed by atoms with E-state index in [0.717, 1.165) is 37.7 Å². The van der Waals surface area contributed by atoms with E-state index in [4.69, 9.17) is 4.74 Å². The van der Waals surface area contributed by atoms with Gasteiger partial charge in [0.1, 0.15) is 18.0 Å². The van der Waals surface area contributed by atoms with Crippen LogP contribution in [0.15, 0.2) is 30.6 Å². The molecule has 1 aromatic carbocycles. The van der Waals surface area contributed by atoms with Crippen molar-refractivity contribution in [3.8, 4) is 0 Å². The lowest BCUT2D eigenvalue weighted by Crippen LogP contribution is -2.54. The van der Waals surface area contributed by atoms with Crippen LogP contribution in [-0.2, 0) is 26.8 Å². The second-order valence-corrected chi connectivity index (χ2v) is 13.6. The Kier molecular flexibility index (Phi) is 9.30. The van der Waals surface area contributed by atoms with Crippen LogP contribution in [0.25, 0.3) is 0 Å². The van der Waals surface area contributed by atoms with Gasteiger partial charge in [0.05, 0.1) is 12.6 Å². The first-order valence-corrected chi connectivity index (χ1v) is 14.9. The number of carbonyl (C=O) groups is 3. The summed E-state index contributed by atoms with van der Waals surface area (Å²) < 4.78 is 7.22. The van der Waals surface area contributed by atoms with Crippen molar-refractivity contribution >= 4 is 23.6 Å². The van der Waals surface area contributed by atoms with Gasteiger partial charge in [0.15, 0.2) is 11.9 Å². The third kappa shape index (κ3) is 7.29. The largest absolute Gasteiger partial charge is 0.444 e. The average molecular weight is 583 g/mol. The fraction of sp³-hybridized carbons (Fsp3) is 0.645. The number of aliphatic hydroxyl groups is 1. The third-order valence-corrected chi connectivity index (χ3v) is 7.89. The van der Waals surface area contributed by atoms with Gasteiger partial charge in [0, 0.05) is 25.2 Å². The molecule has 3 atom stereocenters. The lowest BCUT2D eigenvalue weighted by atomic mass is 9.87. The van der Waals surface area contributed by atoms with Gasteiger partial charge in [0.2, 0.25) is 0 Å². The van der Waals surface area contributed by atoms with Gasteiger partial charge >= 0.3 is 6.09 Å². The van der Waals surface area contributed by atoms with Gasteiger partial charge < -0.3 is 19.7 Å². The van der Waals surface area contributed by atoms with Crippen LogP contribution in [0.4, 0.5) is 10.5 Å². The molecule has 0 radical (unpaired) electrons. The SMILES string of the molecule is Cn1cnnc1C(C(=O)NC1CCCCC1)N(C(=O)[C@H]1C[C@@H](O)CN1C(=O)OC(C)(C)C)c1ccc(C(C)(C)C)cc1. The molecule has 11 nitrogen and oxygen atoms in total. The van der Waals surface area contributed by atoms with Crippen LogP contribution < -0.4 is 10.2 Å². The molecule has 2 aromatic rings. The van der Waals surface area contributed by atoms with Gasteiger partial charge in [0.25, 0.3) is 11.8 Å². The van der Waals surface area contributed by atoms with Crippen LogP contribution in [0.1, 0.15) is 97.5 Å². The highest BCUT2D eigenvalue weighted by molar-refractivity contribution is 6.04. The fourth-order valence-electron chi connectivity index (χ4n) is 5.67. The van der Waals surface area contributed by atoms with Crippen LogP contribution in [0, 0.1) is 0 Å². The van der Waals surface area contributed by atoms with Crippen molar-refractivity contribution in [3.63, 3.8) is 0 Å². The highest BCUT2D eigenvalue weighted by atomic mass is 16.6. The quantitative estimate of drug-likeness (QED) is 0.527. The number of aryl methyl sites for hydroxylation is 1. The molecule has 1 aliphatic heterocycles. The van der Waals surface area contributed by atoms with E-state index >= 15 is 0 Å². The summed E-state index contributed by atoms with van der Waals surface area (Å²) in [6, 6.07) is 5.31. The minimum atomic E-state index is -1.16. The maximum atomic E-state index is 14.6. The molecule has 0 bridgehead atoms. The number of amides is 3. The molecule has 1 aliphatic carbocycles. The maximum absolute atomic E-state index is 14.6. The van der Waals surface area contributed by atoms with Crippen molar-refractivity contribution in [1.29, 1.82) is 0 Å². The number of carbonyl (C=O) groups excluding carboxylic acids is 3. The number of aromatic nitrogens is 3. The molecule has 2 fully saturated rings. The Hall–Kier alpha value is -3.47. The number of hydrogen-bond acceptors (Lipinski definition) is 7. The highest BCUT2D eigenvalue weighted by Crippen LogP contribution is 2.34. The predicted octanol–water partition coefficient (Wildman–Crippen LogP) is 4.01. The van der Waals surface area contributed by atoms with Crippen LogP contribution in [0.3, 0.4) is 0 Å². The molecule has 1 aromatic heterocycles. The molecule has 1 saturated heterocycles. The number of likely N-dealkylation sites (tertiary alicyclic amines) is 1. The smallest absolute Gasteiger partial charge is 0.411 e. The number of nitrogens with zero attached hydrogens (tertiary/aromatic N) is 5. The molecule has 42 heavy (non-hydrogen) atoms. The molecule has 2 N–H and O–H groups in total. The summed E-state index contributed by atoms with van der Waals surface area (Å²) in [5, 5.41) is 22.1. The van der Waals surface area contributed by atoms with Crippen LogP contribution in [0.2, 0.25) is 0 Å². The summed E-state index contributed by atoms with van der Waals surface area (Å²) >= 11 is 0. The molecule has 0 spiro atoms. The molecule has 3 amide bonds. The van der Waals surface area contributed by atoms with Gasteiger partial charge in [-0.15, -0.1) is 10.2 Å². The van der Waals surface area contributed by atoms with E-state index in [0.29, 0.717) is 11.5 Å². The van der Waals surface area contributed by atoms with Gasteiger partial charge in [-0.05, 0) is 56.7 Å². The maximum Gasteiger partial charge on any atom is 0.411 e. The first-order valence-electron chi connectivity index (χ1n) is 14.9. The lowest BCUT2D eigenvalue weighted by molar-refractivity contribution is -0.129. The van der Waals surface area contributed by atoms with Crippen molar-refractivity contribution in [2.24, 2.45) is 7.05 Å². The standard InChI is InChI=1S/C31H46N6O5/c1-30(2,3)20-13-15-22(16-14-20)37(28(40)24-17-23(38)18-36(24)29(41)42-31(4,5)6)25(26-34-32-19-35(26)7)27(39)33-21-11-9-8-10-12-21/h13-16,19,21,23-25,38H,8-12,17-18H2,1-7H3,(H,33,39)/t23-,24-,25?/m1/s1. The number of benzene rings is 1. The van der Waals surface area contributed by atoms with E-state index < -0.39 is 35.8 Å². The second kappa shape index (κ2) is 12.4. The molecule has 2 heterocycles. The first-order chi connectivity index (χ1) is 19.7. The normalized spacial score (nSPS) is 20.7. The van der Waals surface area contributed by atoms with Crippen molar-refractivity contribution in [2.75, 3.05) is 11.4 Å². The Morgan fingerprint density at radius 1 is 1.05 bits per heavy atom. The summed E-state index contributed by atoms with van der Waals surface area (Å²) in [4.78, 5) is 44.7. The van der Waals surface area contributed by atoms with Gasteiger partial charge in [-0.2, -0.15) is 0 Å². The lowest BCUT2D eigenvalue weighted by Gasteiger charge is -2.36. The number of nitrogens with one attached hydrogen (secondary N) is 1. The van der Waals surface area contributed by atoms with E-state index in [2.05, 4.69) is 36.3 Å². The van der Waals surface area contributed by atoms with Gasteiger partial charge in [-0.1, -0.05) is 52.2 Å². The molecule has 11 heteroatoms. The molecule has 230 valence electrons. The minimum Gasteiger partial charge on any atom is -0.444 e. The number of rotatable bonds is 6. The Morgan fingerprint density at radius 2 is 1.69 bits per heavy atom. The van der Waals surface area contributed by atoms with Gasteiger partial charge in [-0.3, -0.25) is 19.4 Å². The Morgan fingerprint density at radius 3 is 2.24 bits per heavy atom. The van der Waals surface area contributed by atoms with Crippen LogP contribution in [0.5, 0.6) is 0 Å². The molecular weight excluding hydrogens is 536 g/mol. The summed E-state index contributed by atoms with van der Waals surface area (Å²) in [6.07, 6.45) is 4.83. The first kappa shape index (κ1) is 31.5. The number of aliphatic hydroxyl groups excluding tert-OH is 1. The summed E-state index contributed by atoms with van der Waals surface area (Å²) in [7, 11) is 1.73. The number of ether oxygens (including phenoxy) is 1. The molecule has 2 aliphatic rings. The number of hydrogen-bond donors (Lipinski definition) is 2. The molecule has 4 rings (SSSR count). The topological polar surface area (TPSA) is 130 Å². The average Bonchev–Trinajstić information content (AvgIpc) is 3.51. The van der Waals surface area contributed by atoms with Crippen molar-refractivity contribution in [2.45, 2.75) is 115 Å². The summed E-state index contributed by atoms with van der Waals surface area (Å²) in [6.45, 7) is 11.5. The number of β-amino-alcohol motifs (C(OH)–C–C–N with tert-alkyl or cyclic N) is 1.